The smallest absolute Gasteiger partial charge is 0.172 e. The van der Waals surface area contributed by atoms with Crippen molar-refractivity contribution >= 4 is 27.9 Å². The first-order valence-corrected chi connectivity index (χ1v) is 8.85. The Balaban J connectivity index is 1.74. The number of benzene rings is 3. The minimum Gasteiger partial charge on any atom is -0.503 e. The van der Waals surface area contributed by atoms with Crippen LogP contribution in [0.4, 0.5) is 0 Å². The van der Waals surface area contributed by atoms with Gasteiger partial charge in [0.2, 0.25) is 0 Å². The van der Waals surface area contributed by atoms with Crippen molar-refractivity contribution in [1.29, 1.82) is 0 Å². The Morgan fingerprint density at radius 2 is 1.50 bits per heavy atom. The van der Waals surface area contributed by atoms with E-state index in [4.69, 9.17) is 4.74 Å². The van der Waals surface area contributed by atoms with Crippen LogP contribution in [0.25, 0.3) is 11.1 Å². The van der Waals surface area contributed by atoms with Crippen molar-refractivity contribution in [3.05, 3.63) is 81.8 Å². The number of phenols is 1. The second-order valence-corrected chi connectivity index (χ2v) is 6.69. The summed E-state index contributed by atoms with van der Waals surface area (Å²) in [5.74, 6) is 0.444. The molecule has 0 aliphatic heterocycles. The molecule has 0 saturated carbocycles. The molecule has 0 radical (unpaired) electrons. The Labute approximate surface area is 159 Å². The number of hydrogen-bond donors (Lipinski definition) is 1. The topological polar surface area (TPSA) is 54.2 Å². The second-order valence-electron chi connectivity index (χ2n) is 5.84. The number of nitrogens with zero attached hydrogens (tertiary/aromatic N) is 2. The molecule has 3 aromatic rings. The minimum atomic E-state index is 0.0645. The summed E-state index contributed by atoms with van der Waals surface area (Å²) in [6, 6.07) is 19.9. The van der Waals surface area contributed by atoms with Crippen LogP contribution in [0.5, 0.6) is 11.5 Å². The van der Waals surface area contributed by atoms with E-state index in [0.717, 1.165) is 22.4 Å². The molecule has 0 saturated heterocycles. The van der Waals surface area contributed by atoms with Gasteiger partial charge >= 0.3 is 0 Å². The number of fused-ring (bicyclic) bond motifs is 3. The molecule has 1 aliphatic carbocycles. The van der Waals surface area contributed by atoms with Crippen LogP contribution in [-0.4, -0.2) is 24.1 Å². The Morgan fingerprint density at radius 3 is 2.08 bits per heavy atom. The van der Waals surface area contributed by atoms with Crippen LogP contribution < -0.4 is 4.74 Å². The van der Waals surface area contributed by atoms with Crippen LogP contribution in [0, 0.1) is 0 Å². The molecule has 0 spiro atoms. The van der Waals surface area contributed by atoms with Gasteiger partial charge in [0.15, 0.2) is 11.5 Å². The van der Waals surface area contributed by atoms with E-state index in [0.29, 0.717) is 10.2 Å². The van der Waals surface area contributed by atoms with Crippen molar-refractivity contribution in [3.8, 4) is 22.6 Å². The van der Waals surface area contributed by atoms with Gasteiger partial charge in [-0.05, 0) is 44.8 Å². The van der Waals surface area contributed by atoms with E-state index in [9.17, 15) is 5.11 Å². The summed E-state index contributed by atoms with van der Waals surface area (Å²) in [4.78, 5) is 0. The first-order valence-electron chi connectivity index (χ1n) is 8.05. The van der Waals surface area contributed by atoms with Crippen molar-refractivity contribution in [2.24, 2.45) is 10.2 Å². The summed E-state index contributed by atoms with van der Waals surface area (Å²) in [5.41, 5.74) is 6.13. The fourth-order valence-electron chi connectivity index (χ4n) is 3.08. The van der Waals surface area contributed by atoms with Gasteiger partial charge in [0.25, 0.3) is 0 Å². The van der Waals surface area contributed by atoms with E-state index in [2.05, 4.69) is 50.4 Å². The lowest BCUT2D eigenvalue weighted by Crippen LogP contribution is -1.97. The number of phenolic OH excluding ortho intramolecular Hbond substituents is 1. The largest absolute Gasteiger partial charge is 0.503 e. The molecule has 4 nitrogen and oxygen atoms in total. The number of ether oxygens (including phenoxy) is 1. The standard InChI is InChI=1S/C21H15BrN2O2/c1-26-19-11-13(10-18(22)21(19)25)12-23-24-20-16-8-4-2-6-14(16)15-7-3-5-9-17(15)20/h2-12,25H,1H3/b23-12+. The van der Waals surface area contributed by atoms with Crippen molar-refractivity contribution in [1.82, 2.24) is 0 Å². The van der Waals surface area contributed by atoms with Crippen molar-refractivity contribution in [2.45, 2.75) is 0 Å². The lowest BCUT2D eigenvalue weighted by atomic mass is 10.1. The molecule has 0 unspecified atom stereocenters. The van der Waals surface area contributed by atoms with Gasteiger partial charge in [-0.1, -0.05) is 48.5 Å². The molecule has 3 aromatic carbocycles. The summed E-state index contributed by atoms with van der Waals surface area (Å²) in [7, 11) is 1.51. The van der Waals surface area contributed by atoms with E-state index in [1.165, 1.54) is 18.2 Å². The lowest BCUT2D eigenvalue weighted by Gasteiger charge is -2.05. The van der Waals surface area contributed by atoms with Crippen molar-refractivity contribution < 1.29 is 9.84 Å². The predicted octanol–water partition coefficient (Wildman–Crippen LogP) is 5.02. The average molecular weight is 407 g/mol. The minimum absolute atomic E-state index is 0.0645. The maximum absolute atomic E-state index is 9.89. The van der Waals surface area contributed by atoms with Crippen LogP contribution in [0.1, 0.15) is 16.7 Å². The number of rotatable bonds is 3. The summed E-state index contributed by atoms with van der Waals surface area (Å²) >= 11 is 3.31. The zero-order valence-corrected chi connectivity index (χ0v) is 15.6. The molecule has 5 heteroatoms. The zero-order chi connectivity index (χ0) is 18.1. The quantitative estimate of drug-likeness (QED) is 0.383. The predicted molar refractivity (Wildman–Crippen MR) is 107 cm³/mol. The fraction of sp³-hybridized carbons (Fsp3) is 0.0476. The van der Waals surface area contributed by atoms with Crippen LogP contribution in [0.3, 0.4) is 0 Å². The van der Waals surface area contributed by atoms with Gasteiger partial charge in [-0.25, -0.2) is 0 Å². The average Bonchev–Trinajstić information content (AvgIpc) is 2.99. The monoisotopic (exact) mass is 406 g/mol. The SMILES string of the molecule is COc1cc(/C=N/N=C2c3ccccc3-c3ccccc32)cc(Br)c1O. The third kappa shape index (κ3) is 2.80. The van der Waals surface area contributed by atoms with Gasteiger partial charge in [-0.15, -0.1) is 5.10 Å². The molecule has 0 fully saturated rings. The van der Waals surface area contributed by atoms with Gasteiger partial charge in [0, 0.05) is 11.1 Å². The number of aromatic hydroxyl groups is 1. The maximum atomic E-state index is 9.89. The Hall–Kier alpha value is -2.92. The third-order valence-electron chi connectivity index (χ3n) is 4.29. The fourth-order valence-corrected chi connectivity index (χ4v) is 3.54. The molecular weight excluding hydrogens is 392 g/mol. The lowest BCUT2D eigenvalue weighted by molar-refractivity contribution is 0.372. The van der Waals surface area contributed by atoms with Crippen LogP contribution in [0.2, 0.25) is 0 Å². The molecule has 0 aromatic heterocycles. The molecule has 1 N–H and O–H groups in total. The molecule has 4 rings (SSSR count). The van der Waals surface area contributed by atoms with E-state index < -0.39 is 0 Å². The van der Waals surface area contributed by atoms with Gasteiger partial charge < -0.3 is 9.84 Å². The molecule has 0 amide bonds. The van der Waals surface area contributed by atoms with E-state index >= 15 is 0 Å². The second kappa shape index (κ2) is 6.77. The van der Waals surface area contributed by atoms with Crippen LogP contribution >= 0.6 is 15.9 Å². The molecule has 26 heavy (non-hydrogen) atoms. The zero-order valence-electron chi connectivity index (χ0n) is 14.0. The normalized spacial score (nSPS) is 12.2. The maximum Gasteiger partial charge on any atom is 0.172 e. The first-order chi connectivity index (χ1) is 12.7. The number of methoxy groups -OCH3 is 1. The molecule has 0 atom stereocenters. The highest BCUT2D eigenvalue weighted by molar-refractivity contribution is 9.10. The number of halogens is 1. The Morgan fingerprint density at radius 1 is 0.923 bits per heavy atom. The highest BCUT2D eigenvalue weighted by atomic mass is 79.9. The van der Waals surface area contributed by atoms with Gasteiger partial charge in [0.1, 0.15) is 5.71 Å². The number of hydrogen-bond acceptors (Lipinski definition) is 4. The van der Waals surface area contributed by atoms with Gasteiger partial charge in [-0.2, -0.15) is 5.10 Å². The molecule has 0 bridgehead atoms. The summed E-state index contributed by atoms with van der Waals surface area (Å²) in [6.07, 6.45) is 1.64. The molecular formula is C21H15BrN2O2. The highest BCUT2D eigenvalue weighted by Gasteiger charge is 2.23. The molecule has 1 aliphatic rings. The van der Waals surface area contributed by atoms with Crippen LogP contribution in [0.15, 0.2) is 75.3 Å². The van der Waals surface area contributed by atoms with Crippen LogP contribution in [-0.2, 0) is 0 Å². The van der Waals surface area contributed by atoms with E-state index in [1.807, 2.05) is 24.3 Å². The Bertz CT molecular complexity index is 1010. The Kier molecular flexibility index (Phi) is 4.31. The van der Waals surface area contributed by atoms with Gasteiger partial charge in [-0.3, -0.25) is 0 Å². The van der Waals surface area contributed by atoms with Crippen molar-refractivity contribution in [2.75, 3.05) is 7.11 Å². The summed E-state index contributed by atoms with van der Waals surface area (Å²) < 4.78 is 5.71. The highest BCUT2D eigenvalue weighted by Crippen LogP contribution is 2.37. The van der Waals surface area contributed by atoms with E-state index in [1.54, 1.807) is 18.3 Å². The third-order valence-corrected chi connectivity index (χ3v) is 4.89. The van der Waals surface area contributed by atoms with Gasteiger partial charge in [0.05, 0.1) is 17.8 Å². The molecule has 128 valence electrons. The van der Waals surface area contributed by atoms with E-state index in [-0.39, 0.29) is 5.75 Å². The first kappa shape index (κ1) is 16.5. The summed E-state index contributed by atoms with van der Waals surface area (Å²) in [6.45, 7) is 0. The molecule has 0 heterocycles. The summed E-state index contributed by atoms with van der Waals surface area (Å²) in [5, 5.41) is 18.6. The van der Waals surface area contributed by atoms with Crippen molar-refractivity contribution in [3.63, 3.8) is 0 Å².